The zero-order valence-electron chi connectivity index (χ0n) is 15.1. The van der Waals surface area contributed by atoms with Gasteiger partial charge in [0.05, 0.1) is 33.3 Å². The molecular weight excluding hydrogens is 377 g/mol. The van der Waals surface area contributed by atoms with Crippen LogP contribution in [0.1, 0.15) is 30.8 Å². The number of nitrogens with one attached hydrogen (secondary N) is 1. The summed E-state index contributed by atoms with van der Waals surface area (Å²) in [6.45, 7) is 6.88. The summed E-state index contributed by atoms with van der Waals surface area (Å²) in [5, 5.41) is 17.2. The maximum atomic E-state index is 12.3. The number of benzene rings is 1. The van der Waals surface area contributed by atoms with Crippen LogP contribution in [0.4, 0.5) is 0 Å². The summed E-state index contributed by atoms with van der Waals surface area (Å²) in [5.74, 6) is -1.21. The van der Waals surface area contributed by atoms with Gasteiger partial charge in [-0.2, -0.15) is 5.10 Å². The van der Waals surface area contributed by atoms with Crippen LogP contribution in [0.2, 0.25) is 10.0 Å². The van der Waals surface area contributed by atoms with E-state index in [4.69, 9.17) is 28.3 Å². The number of nitrogens with zero attached hydrogens (tertiary/aromatic N) is 2. The van der Waals surface area contributed by atoms with Crippen LogP contribution in [0.25, 0.3) is 5.69 Å². The number of carbonyl (C=O) groups is 2. The van der Waals surface area contributed by atoms with Crippen LogP contribution in [0, 0.1) is 19.3 Å². The number of rotatable bonds is 6. The van der Waals surface area contributed by atoms with E-state index in [-0.39, 0.29) is 18.9 Å². The lowest BCUT2D eigenvalue weighted by Crippen LogP contribution is -2.39. The van der Waals surface area contributed by atoms with Gasteiger partial charge in [-0.05, 0) is 45.9 Å². The van der Waals surface area contributed by atoms with Gasteiger partial charge in [-0.1, -0.05) is 23.2 Å². The molecule has 0 aliphatic heterocycles. The van der Waals surface area contributed by atoms with Gasteiger partial charge in [-0.3, -0.25) is 9.59 Å². The number of aryl methyl sites for hydroxylation is 1. The second kappa shape index (κ2) is 7.68. The number of carbonyl (C=O) groups excluding carboxylic acids is 1. The van der Waals surface area contributed by atoms with Gasteiger partial charge in [0, 0.05) is 17.8 Å². The van der Waals surface area contributed by atoms with E-state index in [2.05, 4.69) is 10.4 Å². The quantitative estimate of drug-likeness (QED) is 0.779. The van der Waals surface area contributed by atoms with E-state index in [1.54, 1.807) is 36.7 Å². The van der Waals surface area contributed by atoms with Crippen molar-refractivity contribution in [3.63, 3.8) is 0 Å². The van der Waals surface area contributed by atoms with Crippen molar-refractivity contribution < 1.29 is 14.7 Å². The Morgan fingerprint density at radius 1 is 1.23 bits per heavy atom. The highest BCUT2D eigenvalue weighted by atomic mass is 35.5. The molecule has 0 aliphatic rings. The molecule has 0 saturated heterocycles. The van der Waals surface area contributed by atoms with Crippen molar-refractivity contribution in [3.05, 3.63) is 45.2 Å². The Morgan fingerprint density at radius 2 is 1.88 bits per heavy atom. The predicted molar refractivity (Wildman–Crippen MR) is 101 cm³/mol. The van der Waals surface area contributed by atoms with Gasteiger partial charge >= 0.3 is 5.97 Å². The fourth-order valence-electron chi connectivity index (χ4n) is 2.42. The van der Waals surface area contributed by atoms with Gasteiger partial charge in [0.15, 0.2) is 0 Å². The summed E-state index contributed by atoms with van der Waals surface area (Å²) >= 11 is 12.0. The largest absolute Gasteiger partial charge is 0.481 e. The van der Waals surface area contributed by atoms with Crippen molar-refractivity contribution in [2.45, 2.75) is 34.1 Å². The number of amides is 1. The van der Waals surface area contributed by atoms with Gasteiger partial charge in [-0.15, -0.1) is 0 Å². The number of aromatic nitrogens is 2. The Balaban J connectivity index is 2.18. The van der Waals surface area contributed by atoms with Gasteiger partial charge in [0.1, 0.15) is 0 Å². The van der Waals surface area contributed by atoms with E-state index < -0.39 is 11.4 Å². The van der Waals surface area contributed by atoms with E-state index in [0.717, 1.165) is 22.6 Å². The fraction of sp³-hybridized carbons (Fsp3) is 0.389. The van der Waals surface area contributed by atoms with Crippen LogP contribution in [-0.2, 0) is 16.0 Å². The van der Waals surface area contributed by atoms with E-state index in [1.807, 2.05) is 13.8 Å². The third kappa shape index (κ3) is 4.37. The van der Waals surface area contributed by atoms with Crippen molar-refractivity contribution in [2.24, 2.45) is 5.41 Å². The first kappa shape index (κ1) is 20.3. The van der Waals surface area contributed by atoms with Crippen molar-refractivity contribution in [2.75, 3.05) is 6.54 Å². The summed E-state index contributed by atoms with van der Waals surface area (Å²) in [6.07, 6.45) is 0.120. The molecule has 1 heterocycles. The van der Waals surface area contributed by atoms with Crippen LogP contribution < -0.4 is 5.32 Å². The molecule has 0 unspecified atom stereocenters. The molecule has 0 aliphatic carbocycles. The van der Waals surface area contributed by atoms with Crippen LogP contribution in [0.5, 0.6) is 0 Å². The SMILES string of the molecule is Cc1nn(-c2ccc(Cl)c(Cl)c2)c(C)c1CC(=O)NCC(C)(C)C(=O)O. The molecule has 140 valence electrons. The average Bonchev–Trinajstić information content (AvgIpc) is 2.83. The molecule has 1 aromatic heterocycles. The van der Waals surface area contributed by atoms with Gasteiger partial charge in [-0.25, -0.2) is 4.68 Å². The highest BCUT2D eigenvalue weighted by molar-refractivity contribution is 6.42. The van der Waals surface area contributed by atoms with Crippen LogP contribution in [0.15, 0.2) is 18.2 Å². The van der Waals surface area contributed by atoms with Crippen molar-refractivity contribution >= 4 is 35.1 Å². The Bertz CT molecular complexity index is 860. The monoisotopic (exact) mass is 397 g/mol. The molecule has 1 amide bonds. The minimum absolute atomic E-state index is 0.0557. The van der Waals surface area contributed by atoms with Crippen molar-refractivity contribution in [1.29, 1.82) is 0 Å². The maximum absolute atomic E-state index is 12.3. The number of hydrogen-bond acceptors (Lipinski definition) is 3. The van der Waals surface area contributed by atoms with Gasteiger partial charge in [0.25, 0.3) is 0 Å². The minimum Gasteiger partial charge on any atom is -0.481 e. The first-order chi connectivity index (χ1) is 12.0. The smallest absolute Gasteiger partial charge is 0.310 e. The summed E-state index contributed by atoms with van der Waals surface area (Å²) in [4.78, 5) is 23.4. The number of carboxylic acid groups (broad SMARTS) is 1. The molecule has 8 heteroatoms. The fourth-order valence-corrected chi connectivity index (χ4v) is 2.71. The highest BCUT2D eigenvalue weighted by Gasteiger charge is 2.27. The Kier molecular flexibility index (Phi) is 5.98. The molecule has 0 radical (unpaired) electrons. The summed E-state index contributed by atoms with van der Waals surface area (Å²) in [5.41, 5.74) is 2.05. The van der Waals surface area contributed by atoms with E-state index in [1.165, 1.54) is 0 Å². The van der Waals surface area contributed by atoms with Crippen LogP contribution in [-0.4, -0.2) is 33.3 Å². The molecule has 0 spiro atoms. The van der Waals surface area contributed by atoms with E-state index in [0.29, 0.717) is 10.0 Å². The minimum atomic E-state index is -1.02. The molecule has 0 saturated carbocycles. The van der Waals surface area contributed by atoms with Gasteiger partial charge < -0.3 is 10.4 Å². The standard InChI is InChI=1S/C18H21Cl2N3O3/c1-10-13(8-16(24)21-9-18(3,4)17(25)26)11(2)23(22-10)12-5-6-14(19)15(20)7-12/h5-7H,8-9H2,1-4H3,(H,21,24)(H,25,26). The molecule has 0 fully saturated rings. The number of halogens is 2. The summed E-state index contributed by atoms with van der Waals surface area (Å²) < 4.78 is 1.71. The topological polar surface area (TPSA) is 84.2 Å². The molecule has 2 N–H and O–H groups in total. The lowest BCUT2D eigenvalue weighted by Gasteiger charge is -2.19. The molecular formula is C18H21Cl2N3O3. The Hall–Kier alpha value is -2.05. The second-order valence-corrected chi connectivity index (χ2v) is 7.62. The summed E-state index contributed by atoms with van der Waals surface area (Å²) in [6, 6.07) is 5.20. The normalized spacial score (nSPS) is 11.5. The zero-order chi connectivity index (χ0) is 19.6. The highest BCUT2D eigenvalue weighted by Crippen LogP contribution is 2.26. The number of hydrogen-bond donors (Lipinski definition) is 2. The first-order valence-electron chi connectivity index (χ1n) is 8.03. The molecule has 0 atom stereocenters. The molecule has 0 bridgehead atoms. The van der Waals surface area contributed by atoms with Gasteiger partial charge in [0.2, 0.25) is 5.91 Å². The van der Waals surface area contributed by atoms with E-state index in [9.17, 15) is 9.59 Å². The molecule has 26 heavy (non-hydrogen) atoms. The lowest BCUT2D eigenvalue weighted by atomic mass is 9.94. The molecule has 1 aromatic carbocycles. The third-order valence-electron chi connectivity index (χ3n) is 4.23. The van der Waals surface area contributed by atoms with Crippen molar-refractivity contribution in [3.8, 4) is 5.69 Å². The number of aliphatic carboxylic acids is 1. The molecule has 2 aromatic rings. The lowest BCUT2D eigenvalue weighted by molar-refractivity contribution is -0.146. The zero-order valence-corrected chi connectivity index (χ0v) is 16.6. The third-order valence-corrected chi connectivity index (χ3v) is 4.97. The molecule has 2 rings (SSSR count). The van der Waals surface area contributed by atoms with E-state index >= 15 is 0 Å². The Morgan fingerprint density at radius 3 is 2.46 bits per heavy atom. The average molecular weight is 398 g/mol. The predicted octanol–water partition coefficient (Wildman–Crippen LogP) is 3.57. The second-order valence-electron chi connectivity index (χ2n) is 6.80. The van der Waals surface area contributed by atoms with Crippen LogP contribution >= 0.6 is 23.2 Å². The molecule has 6 nitrogen and oxygen atoms in total. The summed E-state index contributed by atoms with van der Waals surface area (Å²) in [7, 11) is 0. The number of carboxylic acids is 1. The Labute approximate surface area is 162 Å². The van der Waals surface area contributed by atoms with Crippen LogP contribution in [0.3, 0.4) is 0 Å². The first-order valence-corrected chi connectivity index (χ1v) is 8.79. The maximum Gasteiger partial charge on any atom is 0.310 e. The van der Waals surface area contributed by atoms with Crippen molar-refractivity contribution in [1.82, 2.24) is 15.1 Å².